The number of nitrogens with zero attached hydrogens (tertiary/aromatic N) is 6. The van der Waals surface area contributed by atoms with Gasteiger partial charge in [-0.25, -0.2) is 14.6 Å². The van der Waals surface area contributed by atoms with E-state index in [0.29, 0.717) is 17.3 Å². The number of benzene rings is 3. The smallest absolute Gasteiger partial charge is 0.229 e. The van der Waals surface area contributed by atoms with Crippen molar-refractivity contribution >= 4 is 33.5 Å². The minimum atomic E-state index is -0.132. The molecule has 0 radical (unpaired) electrons. The van der Waals surface area contributed by atoms with Crippen molar-refractivity contribution in [2.45, 2.75) is 13.3 Å². The number of anilines is 1. The molecule has 8 nitrogen and oxygen atoms in total. The molecule has 3 aromatic heterocycles. The largest absolute Gasteiger partial charge is 0.310 e. The quantitative estimate of drug-likeness (QED) is 0.405. The molecule has 0 spiro atoms. The van der Waals surface area contributed by atoms with Gasteiger partial charge in [0.25, 0.3) is 0 Å². The van der Waals surface area contributed by atoms with Crippen molar-refractivity contribution in [3.05, 3.63) is 103 Å². The highest BCUT2D eigenvalue weighted by Crippen LogP contribution is 2.25. The fourth-order valence-corrected chi connectivity index (χ4v) is 4.32. The first-order valence-electron chi connectivity index (χ1n) is 11.2. The third-order valence-corrected chi connectivity index (χ3v) is 5.88. The van der Waals surface area contributed by atoms with Crippen LogP contribution in [0.3, 0.4) is 0 Å². The van der Waals surface area contributed by atoms with Gasteiger partial charge in [0.05, 0.1) is 29.4 Å². The molecule has 3 aromatic carbocycles. The molecule has 170 valence electrons. The van der Waals surface area contributed by atoms with Gasteiger partial charge in [-0.2, -0.15) is 14.9 Å². The van der Waals surface area contributed by atoms with Crippen LogP contribution in [0.2, 0.25) is 0 Å². The van der Waals surface area contributed by atoms with E-state index in [1.54, 1.807) is 15.6 Å². The molecule has 0 atom stereocenters. The van der Waals surface area contributed by atoms with Crippen molar-refractivity contribution in [2.24, 2.45) is 0 Å². The Balaban J connectivity index is 1.34. The zero-order valence-corrected chi connectivity index (χ0v) is 19.0. The van der Waals surface area contributed by atoms with Gasteiger partial charge in [0.1, 0.15) is 12.1 Å². The predicted molar refractivity (Wildman–Crippen MR) is 135 cm³/mol. The molecule has 1 amide bonds. The molecular weight excluding hydrogens is 438 g/mol. The standard InChI is InChI=1S/C27H21N7O/c1-18-14-24(31-25(35)15-20-10-7-9-19-8-5-6-13-22(19)20)34(32-18)27-23-16-30-33(26(23)28-17-29-27)21-11-3-2-4-12-21/h2-14,16-17H,15H2,1H3,(H,31,35). The minimum Gasteiger partial charge on any atom is -0.310 e. The van der Waals surface area contributed by atoms with Crippen molar-refractivity contribution in [2.75, 3.05) is 5.32 Å². The molecule has 8 heteroatoms. The van der Waals surface area contributed by atoms with Gasteiger partial charge in [-0.05, 0) is 35.4 Å². The van der Waals surface area contributed by atoms with E-state index >= 15 is 0 Å². The Morgan fingerprint density at radius 3 is 2.57 bits per heavy atom. The van der Waals surface area contributed by atoms with E-state index in [2.05, 4.69) is 25.5 Å². The number of fused-ring (bicyclic) bond motifs is 2. The molecule has 0 aliphatic rings. The lowest BCUT2D eigenvalue weighted by molar-refractivity contribution is -0.115. The van der Waals surface area contributed by atoms with Crippen molar-refractivity contribution in [3.8, 4) is 11.5 Å². The van der Waals surface area contributed by atoms with Crippen LogP contribution < -0.4 is 5.32 Å². The van der Waals surface area contributed by atoms with Crippen LogP contribution in [0.5, 0.6) is 0 Å². The van der Waals surface area contributed by atoms with Gasteiger partial charge in [-0.1, -0.05) is 60.7 Å². The summed E-state index contributed by atoms with van der Waals surface area (Å²) in [6, 6.07) is 25.7. The number of aromatic nitrogens is 6. The monoisotopic (exact) mass is 459 g/mol. The lowest BCUT2D eigenvalue weighted by Gasteiger charge is -2.10. The number of carbonyl (C=O) groups is 1. The van der Waals surface area contributed by atoms with Gasteiger partial charge in [0.15, 0.2) is 11.5 Å². The molecule has 6 rings (SSSR count). The van der Waals surface area contributed by atoms with Gasteiger partial charge in [0.2, 0.25) is 5.91 Å². The fourth-order valence-electron chi connectivity index (χ4n) is 4.32. The summed E-state index contributed by atoms with van der Waals surface area (Å²) in [4.78, 5) is 22.0. The summed E-state index contributed by atoms with van der Waals surface area (Å²) in [5.41, 5.74) is 3.28. The van der Waals surface area contributed by atoms with Crippen molar-refractivity contribution in [1.29, 1.82) is 0 Å². The van der Waals surface area contributed by atoms with Crippen LogP contribution in [0.25, 0.3) is 33.3 Å². The first-order chi connectivity index (χ1) is 17.2. The second-order valence-corrected chi connectivity index (χ2v) is 8.27. The highest BCUT2D eigenvalue weighted by molar-refractivity contribution is 5.96. The van der Waals surface area contributed by atoms with Crippen LogP contribution in [-0.4, -0.2) is 35.4 Å². The Labute approximate surface area is 200 Å². The number of hydrogen-bond acceptors (Lipinski definition) is 5. The third kappa shape index (κ3) is 3.80. The number of rotatable bonds is 5. The maximum atomic E-state index is 13.1. The summed E-state index contributed by atoms with van der Waals surface area (Å²) in [5, 5.41) is 15.0. The number of hydrogen-bond donors (Lipinski definition) is 1. The van der Waals surface area contributed by atoms with Crippen LogP contribution in [0.1, 0.15) is 11.3 Å². The van der Waals surface area contributed by atoms with E-state index in [4.69, 9.17) is 0 Å². The zero-order chi connectivity index (χ0) is 23.8. The summed E-state index contributed by atoms with van der Waals surface area (Å²) in [5.74, 6) is 0.957. The third-order valence-electron chi connectivity index (χ3n) is 5.88. The zero-order valence-electron chi connectivity index (χ0n) is 19.0. The summed E-state index contributed by atoms with van der Waals surface area (Å²) in [6.07, 6.45) is 3.45. The van der Waals surface area contributed by atoms with Gasteiger partial charge in [-0.15, -0.1) is 0 Å². The number of nitrogens with one attached hydrogen (secondary N) is 1. The molecular formula is C27H21N7O. The average Bonchev–Trinajstić information content (AvgIpc) is 3.48. The van der Waals surface area contributed by atoms with E-state index in [1.807, 2.05) is 85.8 Å². The number of amides is 1. The fraction of sp³-hybridized carbons (Fsp3) is 0.0741. The molecule has 0 saturated carbocycles. The first kappa shape index (κ1) is 20.7. The molecule has 0 bridgehead atoms. The van der Waals surface area contributed by atoms with Crippen molar-refractivity contribution in [3.63, 3.8) is 0 Å². The highest BCUT2D eigenvalue weighted by atomic mass is 16.1. The molecule has 6 aromatic rings. The average molecular weight is 460 g/mol. The summed E-state index contributed by atoms with van der Waals surface area (Å²) < 4.78 is 3.40. The SMILES string of the molecule is Cc1cc(NC(=O)Cc2cccc3ccccc23)n(-c2ncnc3c2cnn3-c2ccccc2)n1. The van der Waals surface area contributed by atoms with Crippen LogP contribution in [0.15, 0.2) is 91.4 Å². The summed E-state index contributed by atoms with van der Waals surface area (Å²) in [7, 11) is 0. The van der Waals surface area contributed by atoms with Crippen molar-refractivity contribution in [1.82, 2.24) is 29.5 Å². The maximum Gasteiger partial charge on any atom is 0.229 e. The Kier molecular flexibility index (Phi) is 5.03. The van der Waals surface area contributed by atoms with E-state index in [1.165, 1.54) is 6.33 Å². The second-order valence-electron chi connectivity index (χ2n) is 8.27. The Morgan fingerprint density at radius 1 is 0.886 bits per heavy atom. The van der Waals surface area contributed by atoms with E-state index in [0.717, 1.165) is 33.1 Å². The number of para-hydroxylation sites is 1. The number of aryl methyl sites for hydroxylation is 1. The predicted octanol–water partition coefficient (Wildman–Crippen LogP) is 4.64. The van der Waals surface area contributed by atoms with Gasteiger partial charge in [-0.3, -0.25) is 4.79 Å². The van der Waals surface area contributed by atoms with Gasteiger partial charge < -0.3 is 5.32 Å². The molecule has 0 aliphatic heterocycles. The van der Waals surface area contributed by atoms with E-state index in [-0.39, 0.29) is 12.3 Å². The Morgan fingerprint density at radius 2 is 1.69 bits per heavy atom. The second kappa shape index (κ2) is 8.49. The molecule has 0 saturated heterocycles. The number of carbonyl (C=O) groups excluding carboxylic acids is 1. The van der Waals surface area contributed by atoms with Gasteiger partial charge >= 0.3 is 0 Å². The lowest BCUT2D eigenvalue weighted by Crippen LogP contribution is -2.17. The van der Waals surface area contributed by atoms with E-state index in [9.17, 15) is 4.79 Å². The topological polar surface area (TPSA) is 90.5 Å². The van der Waals surface area contributed by atoms with Crippen LogP contribution >= 0.6 is 0 Å². The molecule has 0 fully saturated rings. The van der Waals surface area contributed by atoms with Crippen LogP contribution in [-0.2, 0) is 11.2 Å². The normalized spacial score (nSPS) is 11.2. The van der Waals surface area contributed by atoms with E-state index < -0.39 is 0 Å². The Hall–Kier alpha value is -4.85. The summed E-state index contributed by atoms with van der Waals surface area (Å²) >= 11 is 0. The van der Waals surface area contributed by atoms with Crippen LogP contribution in [0, 0.1) is 6.92 Å². The molecule has 3 heterocycles. The highest BCUT2D eigenvalue weighted by Gasteiger charge is 2.18. The molecule has 0 aliphatic carbocycles. The van der Waals surface area contributed by atoms with Gasteiger partial charge in [0, 0.05) is 6.07 Å². The minimum absolute atomic E-state index is 0.132. The lowest BCUT2D eigenvalue weighted by atomic mass is 10.0. The van der Waals surface area contributed by atoms with Crippen LogP contribution in [0.4, 0.5) is 5.82 Å². The molecule has 0 unspecified atom stereocenters. The Bertz CT molecular complexity index is 1680. The first-order valence-corrected chi connectivity index (χ1v) is 11.2. The molecule has 1 N–H and O–H groups in total. The maximum absolute atomic E-state index is 13.1. The summed E-state index contributed by atoms with van der Waals surface area (Å²) in [6.45, 7) is 1.88. The molecule has 35 heavy (non-hydrogen) atoms. The van der Waals surface area contributed by atoms with Crippen molar-refractivity contribution < 1.29 is 4.79 Å².